The normalized spacial score (nSPS) is 30.7. The van der Waals surface area contributed by atoms with E-state index in [4.69, 9.17) is 4.74 Å². The highest BCUT2D eigenvalue weighted by Gasteiger charge is 2.42. The molecule has 1 aliphatic carbocycles. The third kappa shape index (κ3) is 3.18. The van der Waals surface area contributed by atoms with Crippen molar-refractivity contribution in [3.8, 4) is 0 Å². The van der Waals surface area contributed by atoms with Gasteiger partial charge in [0.25, 0.3) is 0 Å². The van der Waals surface area contributed by atoms with E-state index >= 15 is 0 Å². The van der Waals surface area contributed by atoms with Crippen LogP contribution in [0.3, 0.4) is 0 Å². The predicted molar refractivity (Wildman–Crippen MR) is 79.1 cm³/mol. The summed E-state index contributed by atoms with van der Waals surface area (Å²) < 4.78 is 6.91. The SMILES string of the molecule is CC1OCCC1(CNC1CC1)Cc1cncc(Br)c1. The van der Waals surface area contributed by atoms with E-state index < -0.39 is 0 Å². The second kappa shape index (κ2) is 5.51. The summed E-state index contributed by atoms with van der Waals surface area (Å²) in [6.07, 6.45) is 8.99. The van der Waals surface area contributed by atoms with Crippen molar-refractivity contribution in [3.05, 3.63) is 28.5 Å². The number of nitrogens with one attached hydrogen (secondary N) is 1. The Kier molecular flexibility index (Phi) is 3.92. The Morgan fingerprint density at radius 2 is 2.32 bits per heavy atom. The van der Waals surface area contributed by atoms with Gasteiger partial charge in [-0.3, -0.25) is 4.98 Å². The molecule has 3 nitrogen and oxygen atoms in total. The molecule has 4 heteroatoms. The van der Waals surface area contributed by atoms with Crippen molar-refractivity contribution < 1.29 is 4.74 Å². The van der Waals surface area contributed by atoms with Crippen molar-refractivity contribution in [1.82, 2.24) is 10.3 Å². The Labute approximate surface area is 123 Å². The first-order valence-corrected chi connectivity index (χ1v) is 7.92. The Hall–Kier alpha value is -0.450. The van der Waals surface area contributed by atoms with Gasteiger partial charge in [0, 0.05) is 41.5 Å². The Morgan fingerprint density at radius 1 is 1.47 bits per heavy atom. The van der Waals surface area contributed by atoms with E-state index in [0.717, 1.165) is 36.5 Å². The number of halogens is 1. The van der Waals surface area contributed by atoms with Gasteiger partial charge >= 0.3 is 0 Å². The lowest BCUT2D eigenvalue weighted by atomic mass is 9.76. The summed E-state index contributed by atoms with van der Waals surface area (Å²) in [6.45, 7) is 4.16. The number of hydrogen-bond donors (Lipinski definition) is 1. The highest BCUT2D eigenvalue weighted by atomic mass is 79.9. The molecule has 2 aliphatic rings. The maximum atomic E-state index is 5.85. The molecule has 19 heavy (non-hydrogen) atoms. The summed E-state index contributed by atoms with van der Waals surface area (Å²) in [5, 5.41) is 3.69. The average molecular weight is 325 g/mol. The van der Waals surface area contributed by atoms with Gasteiger partial charge in [0.1, 0.15) is 0 Å². The summed E-state index contributed by atoms with van der Waals surface area (Å²) in [5.74, 6) is 0. The molecular formula is C15H21BrN2O. The molecule has 2 unspecified atom stereocenters. The van der Waals surface area contributed by atoms with Crippen LogP contribution in [0.2, 0.25) is 0 Å². The van der Waals surface area contributed by atoms with Crippen LogP contribution in [0.25, 0.3) is 0 Å². The van der Waals surface area contributed by atoms with Gasteiger partial charge in [-0.15, -0.1) is 0 Å². The second-order valence-electron chi connectivity index (χ2n) is 5.97. The number of pyridine rings is 1. The van der Waals surface area contributed by atoms with E-state index in [2.05, 4.69) is 39.2 Å². The van der Waals surface area contributed by atoms with Crippen LogP contribution >= 0.6 is 15.9 Å². The van der Waals surface area contributed by atoms with E-state index in [9.17, 15) is 0 Å². The zero-order valence-corrected chi connectivity index (χ0v) is 12.9. The number of ether oxygens (including phenoxy) is 1. The molecule has 0 amide bonds. The van der Waals surface area contributed by atoms with E-state index in [0.29, 0.717) is 6.10 Å². The van der Waals surface area contributed by atoms with Crippen molar-refractivity contribution >= 4 is 15.9 Å². The molecule has 0 spiro atoms. The fourth-order valence-corrected chi connectivity index (χ4v) is 3.35. The van der Waals surface area contributed by atoms with Crippen LogP contribution in [-0.4, -0.2) is 30.3 Å². The summed E-state index contributed by atoms with van der Waals surface area (Å²) in [5.41, 5.74) is 1.52. The smallest absolute Gasteiger partial charge is 0.0619 e. The molecule has 2 heterocycles. The first-order chi connectivity index (χ1) is 9.18. The number of hydrogen-bond acceptors (Lipinski definition) is 3. The lowest BCUT2D eigenvalue weighted by Crippen LogP contribution is -2.42. The standard InChI is InChI=1S/C15H21BrN2O/c1-11-15(4-5-19-11,10-18-14-2-3-14)7-12-6-13(16)9-17-8-12/h6,8-9,11,14,18H,2-5,7,10H2,1H3. The van der Waals surface area contributed by atoms with Gasteiger partial charge in [-0.2, -0.15) is 0 Å². The fourth-order valence-electron chi connectivity index (χ4n) is 2.94. The molecule has 1 saturated heterocycles. The van der Waals surface area contributed by atoms with Crippen molar-refractivity contribution in [3.63, 3.8) is 0 Å². The molecule has 0 aromatic carbocycles. The van der Waals surface area contributed by atoms with Crippen LogP contribution in [0.15, 0.2) is 22.9 Å². The quantitative estimate of drug-likeness (QED) is 0.904. The first kappa shape index (κ1) is 13.5. The minimum Gasteiger partial charge on any atom is -0.378 e. The summed E-state index contributed by atoms with van der Waals surface area (Å²) in [4.78, 5) is 4.28. The second-order valence-corrected chi connectivity index (χ2v) is 6.88. The van der Waals surface area contributed by atoms with Crippen molar-refractivity contribution in [2.24, 2.45) is 5.41 Å². The van der Waals surface area contributed by atoms with Gasteiger partial charge in [0.05, 0.1) is 6.10 Å². The topological polar surface area (TPSA) is 34.1 Å². The van der Waals surface area contributed by atoms with Crippen LogP contribution in [0.4, 0.5) is 0 Å². The van der Waals surface area contributed by atoms with Gasteiger partial charge in [0.15, 0.2) is 0 Å². The Morgan fingerprint density at radius 3 is 2.95 bits per heavy atom. The number of nitrogens with zero attached hydrogens (tertiary/aromatic N) is 1. The van der Waals surface area contributed by atoms with Gasteiger partial charge in [-0.1, -0.05) is 0 Å². The van der Waals surface area contributed by atoms with Crippen LogP contribution in [0.1, 0.15) is 31.7 Å². The van der Waals surface area contributed by atoms with Gasteiger partial charge in [-0.05, 0) is 60.2 Å². The first-order valence-electron chi connectivity index (χ1n) is 7.12. The summed E-state index contributed by atoms with van der Waals surface area (Å²) >= 11 is 3.51. The summed E-state index contributed by atoms with van der Waals surface area (Å²) in [6, 6.07) is 2.93. The van der Waals surface area contributed by atoms with Crippen LogP contribution < -0.4 is 5.32 Å². The molecule has 1 saturated carbocycles. The van der Waals surface area contributed by atoms with E-state index in [1.165, 1.54) is 18.4 Å². The van der Waals surface area contributed by atoms with E-state index in [1.54, 1.807) is 0 Å². The Balaban J connectivity index is 1.74. The zero-order valence-electron chi connectivity index (χ0n) is 11.4. The van der Waals surface area contributed by atoms with Gasteiger partial charge in [-0.25, -0.2) is 0 Å². The molecule has 1 aliphatic heterocycles. The maximum absolute atomic E-state index is 5.85. The molecule has 0 radical (unpaired) electrons. The van der Waals surface area contributed by atoms with Crippen molar-refractivity contribution in [2.75, 3.05) is 13.2 Å². The van der Waals surface area contributed by atoms with E-state index in [-0.39, 0.29) is 5.41 Å². The molecule has 3 rings (SSSR count). The Bertz CT molecular complexity index is 450. The fraction of sp³-hybridized carbons (Fsp3) is 0.667. The number of rotatable bonds is 5. The molecule has 1 N–H and O–H groups in total. The van der Waals surface area contributed by atoms with Crippen LogP contribution in [0.5, 0.6) is 0 Å². The predicted octanol–water partition coefficient (Wildman–Crippen LogP) is 2.93. The largest absolute Gasteiger partial charge is 0.378 e. The minimum absolute atomic E-state index is 0.227. The van der Waals surface area contributed by atoms with E-state index in [1.807, 2.05) is 12.4 Å². The average Bonchev–Trinajstić information content (AvgIpc) is 3.14. The molecule has 1 aromatic heterocycles. The van der Waals surface area contributed by atoms with Crippen molar-refractivity contribution in [1.29, 1.82) is 0 Å². The molecule has 104 valence electrons. The van der Waals surface area contributed by atoms with Gasteiger partial charge < -0.3 is 10.1 Å². The zero-order chi connectivity index (χ0) is 13.3. The third-order valence-corrected chi connectivity index (χ3v) is 4.90. The number of aromatic nitrogens is 1. The lowest BCUT2D eigenvalue weighted by Gasteiger charge is -2.33. The minimum atomic E-state index is 0.227. The lowest BCUT2D eigenvalue weighted by molar-refractivity contribution is 0.0628. The highest BCUT2D eigenvalue weighted by molar-refractivity contribution is 9.10. The third-order valence-electron chi connectivity index (χ3n) is 4.47. The summed E-state index contributed by atoms with van der Waals surface area (Å²) in [7, 11) is 0. The van der Waals surface area contributed by atoms with Gasteiger partial charge in [0.2, 0.25) is 0 Å². The molecule has 0 bridgehead atoms. The van der Waals surface area contributed by atoms with Crippen LogP contribution in [-0.2, 0) is 11.2 Å². The highest BCUT2D eigenvalue weighted by Crippen LogP contribution is 2.38. The molecule has 2 atom stereocenters. The molecule has 2 fully saturated rings. The monoisotopic (exact) mass is 324 g/mol. The van der Waals surface area contributed by atoms with Crippen molar-refractivity contribution in [2.45, 2.75) is 44.8 Å². The maximum Gasteiger partial charge on any atom is 0.0619 e. The molecule has 1 aromatic rings. The molecular weight excluding hydrogens is 304 g/mol. The van der Waals surface area contributed by atoms with Crippen LogP contribution in [0, 0.1) is 5.41 Å².